The largest absolute Gasteiger partial charge is 0.457 e. The molecule has 0 saturated carbocycles. The number of para-hydroxylation sites is 2. The van der Waals surface area contributed by atoms with Crippen LogP contribution in [-0.2, 0) is 9.59 Å². The van der Waals surface area contributed by atoms with E-state index in [2.05, 4.69) is 10.6 Å². The molecule has 0 atom stereocenters. The van der Waals surface area contributed by atoms with Gasteiger partial charge in [-0.2, -0.15) is 0 Å². The molecule has 30 heavy (non-hydrogen) atoms. The molecule has 0 spiro atoms. The lowest BCUT2D eigenvalue weighted by Gasteiger charge is -2.27. The summed E-state index contributed by atoms with van der Waals surface area (Å²) < 4.78 is 5.97. The molecule has 3 aromatic carbocycles. The lowest BCUT2D eigenvalue weighted by Crippen LogP contribution is -2.25. The highest BCUT2D eigenvalue weighted by molar-refractivity contribution is 6.00. The molecule has 1 aliphatic heterocycles. The molecule has 5 nitrogen and oxygen atoms in total. The Labute approximate surface area is 176 Å². The van der Waals surface area contributed by atoms with Gasteiger partial charge in [0.1, 0.15) is 11.5 Å². The molecule has 1 heterocycles. The van der Waals surface area contributed by atoms with Gasteiger partial charge in [0.25, 0.3) is 0 Å². The Kier molecular flexibility index (Phi) is 5.53. The van der Waals surface area contributed by atoms with Crippen molar-refractivity contribution in [2.45, 2.75) is 26.2 Å². The maximum Gasteiger partial charge on any atom is 0.236 e. The fourth-order valence-electron chi connectivity index (χ4n) is 3.63. The van der Waals surface area contributed by atoms with Crippen LogP contribution in [0.2, 0.25) is 0 Å². The van der Waals surface area contributed by atoms with Gasteiger partial charge >= 0.3 is 0 Å². The molecule has 0 aliphatic carbocycles. The van der Waals surface area contributed by atoms with Gasteiger partial charge in [-0.1, -0.05) is 50.2 Å². The molecule has 2 amide bonds. The first-order chi connectivity index (χ1) is 14.5. The minimum absolute atomic E-state index is 0.0165. The average molecular weight is 400 g/mol. The van der Waals surface area contributed by atoms with E-state index in [1.807, 2.05) is 62.4 Å². The van der Waals surface area contributed by atoms with Crippen molar-refractivity contribution in [1.82, 2.24) is 0 Å². The van der Waals surface area contributed by atoms with Crippen molar-refractivity contribution in [1.29, 1.82) is 0 Å². The molecule has 0 bridgehead atoms. The van der Waals surface area contributed by atoms with Crippen LogP contribution in [-0.4, -0.2) is 11.8 Å². The number of carbonyl (C=O) groups is 2. The Hall–Kier alpha value is -3.60. The monoisotopic (exact) mass is 400 g/mol. The van der Waals surface area contributed by atoms with Crippen molar-refractivity contribution in [2.75, 3.05) is 10.6 Å². The van der Waals surface area contributed by atoms with E-state index in [9.17, 15) is 9.59 Å². The van der Waals surface area contributed by atoms with Crippen molar-refractivity contribution in [3.05, 3.63) is 83.9 Å². The van der Waals surface area contributed by atoms with Crippen molar-refractivity contribution < 1.29 is 14.3 Å². The first-order valence-corrected chi connectivity index (χ1v) is 10.1. The molecule has 0 fully saturated rings. The van der Waals surface area contributed by atoms with Crippen molar-refractivity contribution >= 4 is 23.2 Å². The van der Waals surface area contributed by atoms with Crippen LogP contribution in [0.25, 0.3) is 0 Å². The van der Waals surface area contributed by atoms with Crippen LogP contribution in [0.3, 0.4) is 0 Å². The summed E-state index contributed by atoms with van der Waals surface area (Å²) in [7, 11) is 0. The number of nitrogens with one attached hydrogen (secondary N) is 2. The van der Waals surface area contributed by atoms with E-state index in [-0.39, 0.29) is 11.8 Å². The Morgan fingerprint density at radius 1 is 0.800 bits per heavy atom. The number of hydrogen-bond acceptors (Lipinski definition) is 3. The molecule has 0 radical (unpaired) electrons. The number of carbonyl (C=O) groups excluding carboxylic acids is 2. The Bertz CT molecular complexity index is 1030. The Morgan fingerprint density at radius 3 is 1.83 bits per heavy atom. The fraction of sp³-hybridized carbons (Fsp3) is 0.200. The number of ether oxygens (including phenoxy) is 1. The first-order valence-electron chi connectivity index (χ1n) is 10.1. The second-order valence-electron chi connectivity index (χ2n) is 7.82. The SMILES string of the molecule is CC(C)CC(=O)Nc1ccc(NC(=O)C2c3ccccc3Oc3ccccc32)cc1. The fourth-order valence-corrected chi connectivity index (χ4v) is 3.63. The summed E-state index contributed by atoms with van der Waals surface area (Å²) in [4.78, 5) is 25.2. The second kappa shape index (κ2) is 8.41. The molecule has 0 aromatic heterocycles. The second-order valence-corrected chi connectivity index (χ2v) is 7.82. The molecule has 4 rings (SSSR count). The maximum atomic E-state index is 13.2. The van der Waals surface area contributed by atoms with Gasteiger partial charge in [-0.3, -0.25) is 9.59 Å². The quantitative estimate of drug-likeness (QED) is 0.590. The van der Waals surface area contributed by atoms with Gasteiger partial charge in [0.15, 0.2) is 0 Å². The summed E-state index contributed by atoms with van der Waals surface area (Å²) in [5.41, 5.74) is 3.06. The van der Waals surface area contributed by atoms with Gasteiger partial charge in [0.2, 0.25) is 11.8 Å². The van der Waals surface area contributed by atoms with Crippen LogP contribution < -0.4 is 15.4 Å². The van der Waals surface area contributed by atoms with Crippen molar-refractivity contribution in [3.63, 3.8) is 0 Å². The van der Waals surface area contributed by atoms with Crippen LogP contribution in [0.15, 0.2) is 72.8 Å². The number of anilines is 2. The molecule has 0 saturated heterocycles. The van der Waals surface area contributed by atoms with Crippen LogP contribution in [0, 0.1) is 5.92 Å². The van der Waals surface area contributed by atoms with Crippen molar-refractivity contribution in [3.8, 4) is 11.5 Å². The lowest BCUT2D eigenvalue weighted by atomic mass is 9.87. The van der Waals surface area contributed by atoms with Gasteiger partial charge in [-0.15, -0.1) is 0 Å². The van der Waals surface area contributed by atoms with E-state index < -0.39 is 5.92 Å². The number of hydrogen-bond donors (Lipinski definition) is 2. The Morgan fingerprint density at radius 2 is 1.30 bits per heavy atom. The number of amides is 2. The summed E-state index contributed by atoms with van der Waals surface area (Å²) in [6.07, 6.45) is 0.473. The third kappa shape index (κ3) is 4.20. The number of benzene rings is 3. The normalized spacial score (nSPS) is 12.5. The molecular formula is C25H24N2O3. The summed E-state index contributed by atoms with van der Waals surface area (Å²) >= 11 is 0. The summed E-state index contributed by atoms with van der Waals surface area (Å²) in [6.45, 7) is 4.01. The molecule has 2 N–H and O–H groups in total. The first kappa shape index (κ1) is 19.7. The van der Waals surface area contributed by atoms with Gasteiger partial charge in [-0.25, -0.2) is 0 Å². The van der Waals surface area contributed by atoms with Crippen LogP contribution in [0.5, 0.6) is 11.5 Å². The number of fused-ring (bicyclic) bond motifs is 2. The van der Waals surface area contributed by atoms with Crippen molar-refractivity contribution in [2.24, 2.45) is 5.92 Å². The van der Waals surface area contributed by atoms with E-state index >= 15 is 0 Å². The van der Waals surface area contributed by atoms with Crippen LogP contribution in [0.4, 0.5) is 11.4 Å². The third-order valence-corrected chi connectivity index (χ3v) is 4.97. The Balaban J connectivity index is 1.53. The van der Waals surface area contributed by atoms with Crippen LogP contribution >= 0.6 is 0 Å². The smallest absolute Gasteiger partial charge is 0.236 e. The van der Waals surface area contributed by atoms with E-state index in [0.717, 1.165) is 11.1 Å². The standard InChI is InChI=1S/C25H24N2O3/c1-16(2)15-23(28)26-17-11-13-18(14-12-17)27-25(29)24-19-7-3-5-9-21(19)30-22-10-6-4-8-20(22)24/h3-14,16,24H,15H2,1-2H3,(H,26,28)(H,27,29). The molecule has 0 unspecified atom stereocenters. The average Bonchev–Trinajstić information content (AvgIpc) is 2.72. The summed E-state index contributed by atoms with van der Waals surface area (Å²) in [5, 5.41) is 5.87. The molecule has 3 aromatic rings. The zero-order valence-corrected chi connectivity index (χ0v) is 17.0. The summed E-state index contributed by atoms with van der Waals surface area (Å²) in [6, 6.07) is 22.4. The van der Waals surface area contributed by atoms with E-state index in [0.29, 0.717) is 35.2 Å². The van der Waals surface area contributed by atoms with E-state index in [1.54, 1.807) is 24.3 Å². The zero-order chi connectivity index (χ0) is 21.1. The summed E-state index contributed by atoms with van der Waals surface area (Å²) in [5.74, 6) is 1.08. The lowest BCUT2D eigenvalue weighted by molar-refractivity contribution is -0.117. The van der Waals surface area contributed by atoms with Crippen LogP contribution in [0.1, 0.15) is 37.3 Å². The van der Waals surface area contributed by atoms with Gasteiger partial charge in [0, 0.05) is 28.9 Å². The van der Waals surface area contributed by atoms with Gasteiger partial charge in [-0.05, 0) is 42.3 Å². The zero-order valence-electron chi connectivity index (χ0n) is 17.0. The third-order valence-electron chi connectivity index (χ3n) is 4.97. The highest BCUT2D eigenvalue weighted by atomic mass is 16.5. The highest BCUT2D eigenvalue weighted by Crippen LogP contribution is 2.44. The molecule has 5 heteroatoms. The van der Waals surface area contributed by atoms with E-state index in [4.69, 9.17) is 4.74 Å². The minimum atomic E-state index is -0.462. The van der Waals surface area contributed by atoms with E-state index in [1.165, 1.54) is 0 Å². The molecule has 152 valence electrons. The predicted octanol–water partition coefficient (Wildman–Crippen LogP) is 5.55. The predicted molar refractivity (Wildman–Crippen MR) is 118 cm³/mol. The molecular weight excluding hydrogens is 376 g/mol. The highest BCUT2D eigenvalue weighted by Gasteiger charge is 2.32. The molecule has 1 aliphatic rings. The van der Waals surface area contributed by atoms with Gasteiger partial charge < -0.3 is 15.4 Å². The topological polar surface area (TPSA) is 67.4 Å². The number of rotatable bonds is 5. The van der Waals surface area contributed by atoms with Gasteiger partial charge in [0.05, 0.1) is 5.92 Å². The maximum absolute atomic E-state index is 13.2. The minimum Gasteiger partial charge on any atom is -0.457 e.